The fraction of sp³-hybridized carbons (Fsp3) is 0.667. The second-order valence-electron chi connectivity index (χ2n) is 4.72. The number of ether oxygens (including phenoxy) is 1. The maximum absolute atomic E-state index is 11.5. The van der Waals surface area contributed by atoms with Crippen molar-refractivity contribution in [2.24, 2.45) is 0 Å². The SMILES string of the molecule is CC1CC(NC(C)C(C)n2cccn2)C(=O)O1. The highest BCUT2D eigenvalue weighted by atomic mass is 16.6. The van der Waals surface area contributed by atoms with Gasteiger partial charge >= 0.3 is 5.97 Å². The van der Waals surface area contributed by atoms with Gasteiger partial charge in [0, 0.05) is 24.9 Å². The fourth-order valence-electron chi connectivity index (χ4n) is 2.10. The molecule has 4 unspecified atom stereocenters. The van der Waals surface area contributed by atoms with Crippen molar-refractivity contribution in [1.82, 2.24) is 15.1 Å². The van der Waals surface area contributed by atoms with Gasteiger partial charge in [-0.05, 0) is 26.8 Å². The third kappa shape index (κ3) is 2.66. The van der Waals surface area contributed by atoms with E-state index in [-0.39, 0.29) is 30.2 Å². The molecule has 0 amide bonds. The molecule has 1 N–H and O–H groups in total. The quantitative estimate of drug-likeness (QED) is 0.797. The molecule has 0 saturated carbocycles. The first-order valence-corrected chi connectivity index (χ1v) is 6.03. The Labute approximate surface area is 101 Å². The molecule has 1 aliphatic heterocycles. The van der Waals surface area contributed by atoms with E-state index in [4.69, 9.17) is 4.74 Å². The smallest absolute Gasteiger partial charge is 0.323 e. The number of carbonyl (C=O) groups is 1. The molecule has 2 rings (SSSR count). The summed E-state index contributed by atoms with van der Waals surface area (Å²) < 4.78 is 7.01. The van der Waals surface area contributed by atoms with Crippen LogP contribution in [-0.4, -0.2) is 33.9 Å². The minimum atomic E-state index is -0.182. The van der Waals surface area contributed by atoms with Crippen molar-refractivity contribution >= 4 is 5.97 Å². The van der Waals surface area contributed by atoms with Gasteiger partial charge in [0.2, 0.25) is 0 Å². The molecular weight excluding hydrogens is 218 g/mol. The standard InChI is InChI=1S/C12H19N3O2/c1-8-7-11(12(16)17-8)14-9(2)10(3)15-6-4-5-13-15/h4-6,8-11,14H,7H2,1-3H3. The Bertz CT molecular complexity index is 377. The Morgan fingerprint density at radius 3 is 2.88 bits per heavy atom. The van der Waals surface area contributed by atoms with Crippen LogP contribution < -0.4 is 5.32 Å². The van der Waals surface area contributed by atoms with Gasteiger partial charge in [0.15, 0.2) is 0 Å². The average molecular weight is 237 g/mol. The number of esters is 1. The highest BCUT2D eigenvalue weighted by molar-refractivity contribution is 5.77. The van der Waals surface area contributed by atoms with Crippen molar-refractivity contribution in [1.29, 1.82) is 0 Å². The van der Waals surface area contributed by atoms with Crippen LogP contribution in [0.3, 0.4) is 0 Å². The van der Waals surface area contributed by atoms with Gasteiger partial charge in [-0.25, -0.2) is 0 Å². The zero-order valence-electron chi connectivity index (χ0n) is 10.5. The Balaban J connectivity index is 1.93. The average Bonchev–Trinajstić information content (AvgIpc) is 2.88. The lowest BCUT2D eigenvalue weighted by Gasteiger charge is -2.23. The van der Waals surface area contributed by atoms with E-state index in [1.165, 1.54) is 0 Å². The summed E-state index contributed by atoms with van der Waals surface area (Å²) in [4.78, 5) is 11.5. The monoisotopic (exact) mass is 237 g/mol. The van der Waals surface area contributed by atoms with Crippen LogP contribution in [0.1, 0.15) is 33.2 Å². The summed E-state index contributed by atoms with van der Waals surface area (Å²) in [5.74, 6) is -0.142. The molecule has 0 radical (unpaired) electrons. The third-order valence-corrected chi connectivity index (χ3v) is 3.30. The summed E-state index contributed by atoms with van der Waals surface area (Å²) in [6.45, 7) is 6.05. The first kappa shape index (κ1) is 12.1. The van der Waals surface area contributed by atoms with Crippen LogP contribution in [0.5, 0.6) is 0 Å². The van der Waals surface area contributed by atoms with Crippen molar-refractivity contribution in [2.75, 3.05) is 0 Å². The van der Waals surface area contributed by atoms with Crippen LogP contribution in [0.15, 0.2) is 18.5 Å². The zero-order chi connectivity index (χ0) is 12.4. The van der Waals surface area contributed by atoms with Gasteiger partial charge < -0.3 is 4.74 Å². The van der Waals surface area contributed by atoms with Crippen LogP contribution in [0, 0.1) is 0 Å². The Hall–Kier alpha value is -1.36. The zero-order valence-corrected chi connectivity index (χ0v) is 10.5. The van der Waals surface area contributed by atoms with Crippen LogP contribution in [0.25, 0.3) is 0 Å². The van der Waals surface area contributed by atoms with Crippen molar-refractivity contribution in [3.8, 4) is 0 Å². The van der Waals surface area contributed by atoms with E-state index in [2.05, 4.69) is 24.3 Å². The minimum Gasteiger partial charge on any atom is -0.461 e. The van der Waals surface area contributed by atoms with Gasteiger partial charge in [0.05, 0.1) is 6.04 Å². The molecule has 94 valence electrons. The molecule has 1 saturated heterocycles. The molecule has 0 bridgehead atoms. The largest absolute Gasteiger partial charge is 0.461 e. The molecule has 1 aliphatic rings. The third-order valence-electron chi connectivity index (χ3n) is 3.30. The van der Waals surface area contributed by atoms with Gasteiger partial charge in [-0.1, -0.05) is 0 Å². The first-order chi connectivity index (χ1) is 8.08. The number of nitrogens with zero attached hydrogens (tertiary/aromatic N) is 2. The second-order valence-corrected chi connectivity index (χ2v) is 4.72. The Morgan fingerprint density at radius 1 is 1.59 bits per heavy atom. The fourth-order valence-corrected chi connectivity index (χ4v) is 2.10. The van der Waals surface area contributed by atoms with Gasteiger partial charge in [-0.15, -0.1) is 0 Å². The number of rotatable bonds is 4. The lowest BCUT2D eigenvalue weighted by molar-refractivity contribution is -0.142. The molecule has 5 nitrogen and oxygen atoms in total. The summed E-state index contributed by atoms with van der Waals surface area (Å²) >= 11 is 0. The minimum absolute atomic E-state index is 0.0206. The predicted molar refractivity (Wildman–Crippen MR) is 63.5 cm³/mol. The highest BCUT2D eigenvalue weighted by Crippen LogP contribution is 2.17. The van der Waals surface area contributed by atoms with Crippen molar-refractivity contribution in [3.05, 3.63) is 18.5 Å². The van der Waals surface area contributed by atoms with Gasteiger partial charge in [-0.3, -0.25) is 14.8 Å². The summed E-state index contributed by atoms with van der Waals surface area (Å²) in [5.41, 5.74) is 0. The van der Waals surface area contributed by atoms with Gasteiger partial charge in [-0.2, -0.15) is 5.10 Å². The van der Waals surface area contributed by atoms with E-state index >= 15 is 0 Å². The van der Waals surface area contributed by atoms with Crippen LogP contribution in [-0.2, 0) is 9.53 Å². The number of nitrogens with one attached hydrogen (secondary N) is 1. The van der Waals surface area contributed by atoms with Crippen molar-refractivity contribution < 1.29 is 9.53 Å². The lowest BCUT2D eigenvalue weighted by Crippen LogP contribution is -2.43. The molecule has 4 atom stereocenters. The van der Waals surface area contributed by atoms with E-state index in [0.717, 1.165) is 6.42 Å². The number of cyclic esters (lactones) is 1. The molecule has 0 aromatic carbocycles. The highest BCUT2D eigenvalue weighted by Gasteiger charge is 2.33. The molecule has 0 aliphatic carbocycles. The van der Waals surface area contributed by atoms with Crippen LogP contribution >= 0.6 is 0 Å². The maximum atomic E-state index is 11.5. The Kier molecular flexibility index (Phi) is 3.47. The number of aromatic nitrogens is 2. The van der Waals surface area contributed by atoms with E-state index < -0.39 is 0 Å². The van der Waals surface area contributed by atoms with E-state index in [0.29, 0.717) is 0 Å². The number of hydrogen-bond donors (Lipinski definition) is 1. The maximum Gasteiger partial charge on any atom is 0.323 e. The van der Waals surface area contributed by atoms with Crippen LogP contribution in [0.4, 0.5) is 0 Å². The summed E-state index contributed by atoms with van der Waals surface area (Å²) in [5, 5.41) is 7.52. The number of carbonyl (C=O) groups excluding carboxylic acids is 1. The molecule has 2 heterocycles. The predicted octanol–water partition coefficient (Wildman–Crippen LogP) is 1.13. The number of hydrogen-bond acceptors (Lipinski definition) is 4. The molecule has 1 aromatic rings. The Morgan fingerprint density at radius 2 is 2.35 bits per heavy atom. The molecular formula is C12H19N3O2. The molecule has 5 heteroatoms. The normalized spacial score (nSPS) is 27.8. The summed E-state index contributed by atoms with van der Waals surface area (Å²) in [6.07, 6.45) is 4.45. The van der Waals surface area contributed by atoms with Crippen molar-refractivity contribution in [2.45, 2.75) is 51.4 Å². The summed E-state index contributed by atoms with van der Waals surface area (Å²) in [6, 6.07) is 2.08. The molecule has 1 aromatic heterocycles. The van der Waals surface area contributed by atoms with E-state index in [9.17, 15) is 4.79 Å². The van der Waals surface area contributed by atoms with Crippen LogP contribution in [0.2, 0.25) is 0 Å². The van der Waals surface area contributed by atoms with Gasteiger partial charge in [0.25, 0.3) is 0 Å². The topological polar surface area (TPSA) is 56.2 Å². The first-order valence-electron chi connectivity index (χ1n) is 6.03. The second kappa shape index (κ2) is 4.87. The van der Waals surface area contributed by atoms with Crippen molar-refractivity contribution in [3.63, 3.8) is 0 Å². The molecule has 1 fully saturated rings. The summed E-state index contributed by atoms with van der Waals surface area (Å²) in [7, 11) is 0. The van der Waals surface area contributed by atoms with E-state index in [1.807, 2.05) is 23.9 Å². The van der Waals surface area contributed by atoms with E-state index in [1.54, 1.807) is 6.20 Å². The molecule has 0 spiro atoms. The van der Waals surface area contributed by atoms with Gasteiger partial charge in [0.1, 0.15) is 12.1 Å². The lowest BCUT2D eigenvalue weighted by atomic mass is 10.1. The molecule has 17 heavy (non-hydrogen) atoms.